The zero-order chi connectivity index (χ0) is 21.1. The van der Waals surface area contributed by atoms with Crippen molar-refractivity contribution in [2.24, 2.45) is 0 Å². The van der Waals surface area contributed by atoms with Crippen LogP contribution >= 0.6 is 46.3 Å². The minimum Gasteiger partial charge on any atom is -0.494 e. The van der Waals surface area contributed by atoms with E-state index in [-0.39, 0.29) is 18.3 Å². The van der Waals surface area contributed by atoms with Crippen molar-refractivity contribution in [2.75, 3.05) is 51.3 Å². The predicted molar refractivity (Wildman–Crippen MR) is 138 cm³/mol. The molecule has 0 atom stereocenters. The Balaban J connectivity index is 0.00000272. The molecule has 0 unspecified atom stereocenters. The van der Waals surface area contributed by atoms with E-state index in [4.69, 9.17) is 9.72 Å². The topological polar surface area (TPSA) is 57.7 Å². The number of halogens is 2. The van der Waals surface area contributed by atoms with Crippen molar-refractivity contribution in [3.05, 3.63) is 51.1 Å². The molecule has 1 aromatic heterocycles. The summed E-state index contributed by atoms with van der Waals surface area (Å²) in [7, 11) is 1.69. The van der Waals surface area contributed by atoms with Crippen LogP contribution in [0, 0.1) is 10.5 Å². The van der Waals surface area contributed by atoms with Gasteiger partial charge in [-0.1, -0.05) is 29.5 Å². The van der Waals surface area contributed by atoms with Gasteiger partial charge in [-0.05, 0) is 53.3 Å². The van der Waals surface area contributed by atoms with Gasteiger partial charge in [0.05, 0.1) is 17.4 Å². The molecule has 9 heteroatoms. The molecule has 0 saturated carbocycles. The summed E-state index contributed by atoms with van der Waals surface area (Å²) >= 11 is 3.94. The highest BCUT2D eigenvalue weighted by molar-refractivity contribution is 14.1. The van der Waals surface area contributed by atoms with Gasteiger partial charge < -0.3 is 15.0 Å². The van der Waals surface area contributed by atoms with Crippen molar-refractivity contribution >= 4 is 67.6 Å². The number of amides is 1. The van der Waals surface area contributed by atoms with Crippen LogP contribution in [0.25, 0.3) is 10.2 Å². The molecule has 2 aromatic carbocycles. The lowest BCUT2D eigenvalue weighted by Crippen LogP contribution is -2.48. The average Bonchev–Trinajstić information content (AvgIpc) is 3.21. The zero-order valence-electron chi connectivity index (χ0n) is 17.6. The standard InChI is InChI=1S/C22H25IN4O2S.ClH/c1-15-7-8-18(29-2)19-20(15)30-22(25-19)27-13-11-26(12-14-27)10-9-24-21(28)16-5-3-4-6-17(16)23;/h3-8H,9-14H2,1-2H3,(H,24,28);1H. The van der Waals surface area contributed by atoms with Crippen molar-refractivity contribution in [2.45, 2.75) is 6.92 Å². The molecular formula is C22H26ClIN4O2S. The number of rotatable bonds is 6. The van der Waals surface area contributed by atoms with Gasteiger partial charge in [0.25, 0.3) is 5.91 Å². The van der Waals surface area contributed by atoms with Gasteiger partial charge in [0.15, 0.2) is 5.13 Å². The van der Waals surface area contributed by atoms with E-state index in [2.05, 4.69) is 50.7 Å². The summed E-state index contributed by atoms with van der Waals surface area (Å²) in [6.07, 6.45) is 0. The van der Waals surface area contributed by atoms with Crippen molar-refractivity contribution in [3.8, 4) is 5.75 Å². The lowest BCUT2D eigenvalue weighted by molar-refractivity contribution is 0.0947. The third-order valence-electron chi connectivity index (χ3n) is 5.39. The Morgan fingerprint density at radius 2 is 1.94 bits per heavy atom. The fourth-order valence-electron chi connectivity index (χ4n) is 3.63. The fourth-order valence-corrected chi connectivity index (χ4v) is 5.36. The van der Waals surface area contributed by atoms with E-state index in [9.17, 15) is 4.79 Å². The van der Waals surface area contributed by atoms with Crippen LogP contribution in [0.1, 0.15) is 15.9 Å². The molecule has 1 aliphatic heterocycles. The third-order valence-corrected chi connectivity index (χ3v) is 7.58. The molecule has 2 heterocycles. The summed E-state index contributed by atoms with van der Waals surface area (Å²) in [5, 5.41) is 4.10. The van der Waals surface area contributed by atoms with Gasteiger partial charge >= 0.3 is 0 Å². The molecule has 1 aliphatic rings. The number of methoxy groups -OCH3 is 1. The van der Waals surface area contributed by atoms with Crippen LogP contribution in [0.3, 0.4) is 0 Å². The molecule has 1 amide bonds. The molecule has 166 valence electrons. The zero-order valence-corrected chi connectivity index (χ0v) is 21.3. The Hall–Kier alpha value is -1.62. The number of anilines is 1. The lowest BCUT2D eigenvalue weighted by Gasteiger charge is -2.34. The molecule has 0 spiro atoms. The number of nitrogens with one attached hydrogen (secondary N) is 1. The van der Waals surface area contributed by atoms with E-state index in [1.807, 2.05) is 30.3 Å². The van der Waals surface area contributed by atoms with Gasteiger partial charge in [0.1, 0.15) is 11.3 Å². The highest BCUT2D eigenvalue weighted by atomic mass is 127. The number of carbonyl (C=O) groups excluding carboxylic acids is 1. The van der Waals surface area contributed by atoms with E-state index in [0.717, 1.165) is 58.3 Å². The average molecular weight is 573 g/mol. The molecule has 4 rings (SSSR count). The maximum absolute atomic E-state index is 12.3. The fraction of sp³-hybridized carbons (Fsp3) is 0.364. The minimum absolute atomic E-state index is 0. The predicted octanol–water partition coefficient (Wildman–Crippen LogP) is 4.19. The van der Waals surface area contributed by atoms with Gasteiger partial charge in [-0.15, -0.1) is 12.4 Å². The molecular weight excluding hydrogens is 547 g/mol. The van der Waals surface area contributed by atoms with Crippen molar-refractivity contribution in [1.82, 2.24) is 15.2 Å². The van der Waals surface area contributed by atoms with Crippen LogP contribution < -0.4 is 15.0 Å². The smallest absolute Gasteiger partial charge is 0.252 e. The van der Waals surface area contributed by atoms with Gasteiger partial charge in [0, 0.05) is 42.8 Å². The van der Waals surface area contributed by atoms with Crippen molar-refractivity contribution in [1.29, 1.82) is 0 Å². The van der Waals surface area contributed by atoms with Crippen LogP contribution in [0.4, 0.5) is 5.13 Å². The Bertz CT molecular complexity index is 1050. The number of carbonyl (C=O) groups is 1. The summed E-state index contributed by atoms with van der Waals surface area (Å²) in [4.78, 5) is 22.0. The van der Waals surface area contributed by atoms with E-state index in [1.165, 1.54) is 10.3 Å². The van der Waals surface area contributed by atoms with E-state index in [0.29, 0.717) is 6.54 Å². The second-order valence-electron chi connectivity index (χ2n) is 7.32. The second-order valence-corrected chi connectivity index (χ2v) is 9.46. The SMILES string of the molecule is COc1ccc(C)c2sc(N3CCN(CCNC(=O)c4ccccc4I)CC3)nc12.Cl. The Kier molecular flexibility index (Phi) is 8.37. The first kappa shape index (κ1) is 24.0. The van der Waals surface area contributed by atoms with Gasteiger partial charge in [-0.2, -0.15) is 0 Å². The van der Waals surface area contributed by atoms with Gasteiger partial charge in [-0.3, -0.25) is 9.69 Å². The summed E-state index contributed by atoms with van der Waals surface area (Å²) in [6, 6.07) is 11.7. The molecule has 1 fully saturated rings. The third kappa shape index (κ3) is 5.42. The highest BCUT2D eigenvalue weighted by Gasteiger charge is 2.21. The molecule has 0 radical (unpaired) electrons. The Morgan fingerprint density at radius 1 is 1.19 bits per heavy atom. The summed E-state index contributed by atoms with van der Waals surface area (Å²) < 4.78 is 7.66. The van der Waals surface area contributed by atoms with E-state index in [1.54, 1.807) is 18.4 Å². The molecule has 6 nitrogen and oxygen atoms in total. The molecule has 0 aliphatic carbocycles. The summed E-state index contributed by atoms with van der Waals surface area (Å²) in [6.45, 7) is 7.43. The summed E-state index contributed by atoms with van der Waals surface area (Å²) in [5.41, 5.74) is 2.93. The first-order valence-electron chi connectivity index (χ1n) is 10.0. The normalized spacial score (nSPS) is 14.4. The maximum atomic E-state index is 12.3. The molecule has 3 aromatic rings. The number of nitrogens with zero attached hydrogens (tertiary/aromatic N) is 3. The number of thiazole rings is 1. The number of aromatic nitrogens is 1. The number of piperazine rings is 1. The van der Waals surface area contributed by atoms with Crippen molar-refractivity contribution in [3.63, 3.8) is 0 Å². The van der Waals surface area contributed by atoms with Gasteiger partial charge in [-0.25, -0.2) is 4.98 Å². The van der Waals surface area contributed by atoms with Crippen molar-refractivity contribution < 1.29 is 9.53 Å². The van der Waals surface area contributed by atoms with Gasteiger partial charge in [0.2, 0.25) is 0 Å². The largest absolute Gasteiger partial charge is 0.494 e. The van der Waals surface area contributed by atoms with Crippen LogP contribution in [0.5, 0.6) is 5.75 Å². The number of fused-ring (bicyclic) bond motifs is 1. The lowest BCUT2D eigenvalue weighted by atomic mass is 10.2. The second kappa shape index (κ2) is 10.8. The first-order chi connectivity index (χ1) is 14.6. The minimum atomic E-state index is -0.00238. The number of benzene rings is 2. The van der Waals surface area contributed by atoms with Crippen LogP contribution in [0.15, 0.2) is 36.4 Å². The van der Waals surface area contributed by atoms with Crippen LogP contribution in [-0.4, -0.2) is 62.2 Å². The molecule has 1 N–H and O–H groups in total. The quantitative estimate of drug-likeness (QED) is 0.449. The number of ether oxygens (including phenoxy) is 1. The number of hydrogen-bond donors (Lipinski definition) is 1. The highest BCUT2D eigenvalue weighted by Crippen LogP contribution is 2.36. The monoisotopic (exact) mass is 572 g/mol. The first-order valence-corrected chi connectivity index (χ1v) is 11.9. The number of aryl methyl sites for hydroxylation is 1. The molecule has 31 heavy (non-hydrogen) atoms. The number of hydrogen-bond acceptors (Lipinski definition) is 6. The Labute approximate surface area is 206 Å². The van der Waals surface area contributed by atoms with E-state index >= 15 is 0 Å². The molecule has 1 saturated heterocycles. The molecule has 0 bridgehead atoms. The van der Waals surface area contributed by atoms with Crippen LogP contribution in [-0.2, 0) is 0 Å². The van der Waals surface area contributed by atoms with E-state index < -0.39 is 0 Å². The Morgan fingerprint density at radius 3 is 2.65 bits per heavy atom. The summed E-state index contributed by atoms with van der Waals surface area (Å²) in [5.74, 6) is 0.831. The maximum Gasteiger partial charge on any atom is 0.252 e. The van der Waals surface area contributed by atoms with Crippen LogP contribution in [0.2, 0.25) is 0 Å².